The molecule has 0 bridgehead atoms. The second-order valence-corrected chi connectivity index (χ2v) is 10.1. The van der Waals surface area contributed by atoms with E-state index in [1.54, 1.807) is 20.3 Å². The van der Waals surface area contributed by atoms with Crippen LogP contribution in [0.1, 0.15) is 75.3 Å². The topological polar surface area (TPSA) is 124 Å². The zero-order valence-corrected chi connectivity index (χ0v) is 22.3. The van der Waals surface area contributed by atoms with Crippen molar-refractivity contribution >= 4 is 16.9 Å². The van der Waals surface area contributed by atoms with E-state index in [0.717, 1.165) is 31.1 Å². The number of ether oxygens (including phenoxy) is 3. The maximum Gasteiger partial charge on any atom is 0.309 e. The van der Waals surface area contributed by atoms with E-state index in [4.69, 9.17) is 14.2 Å². The molecule has 0 amide bonds. The number of nitrogens with zero attached hydrogens (tertiary/aromatic N) is 5. The van der Waals surface area contributed by atoms with Crippen molar-refractivity contribution in [2.24, 2.45) is 5.92 Å². The van der Waals surface area contributed by atoms with Crippen molar-refractivity contribution in [3.05, 3.63) is 39.9 Å². The van der Waals surface area contributed by atoms with Gasteiger partial charge < -0.3 is 19.2 Å². The summed E-state index contributed by atoms with van der Waals surface area (Å²) in [7, 11) is 3.16. The Balaban J connectivity index is 1.57. The summed E-state index contributed by atoms with van der Waals surface area (Å²) in [6, 6.07) is 5.28. The standard InChI is InChI=1S/C27H36N6O5/c1-4-38-27(35)17-10-12-32(13-11-17)24(25-29-30-31-33(25)19-8-6-5-7-9-19)20-14-18-15-22(36-2)23(37-3)16-21(18)28-26(20)34/h14-17,19,24H,4-13H2,1-3H3,(H,28,34)/t24-/m0/s1. The van der Waals surface area contributed by atoms with Crippen molar-refractivity contribution in [3.8, 4) is 11.5 Å². The smallest absolute Gasteiger partial charge is 0.309 e. The normalized spacial score (nSPS) is 18.4. The number of methoxy groups -OCH3 is 2. The van der Waals surface area contributed by atoms with Gasteiger partial charge in [0.25, 0.3) is 5.56 Å². The molecule has 3 aromatic rings. The van der Waals surface area contributed by atoms with Gasteiger partial charge in [0.1, 0.15) is 6.04 Å². The number of nitrogens with one attached hydrogen (secondary N) is 1. The van der Waals surface area contributed by atoms with Crippen LogP contribution in [-0.2, 0) is 9.53 Å². The predicted octanol–water partition coefficient (Wildman–Crippen LogP) is 3.40. The minimum atomic E-state index is -0.462. The van der Waals surface area contributed by atoms with Gasteiger partial charge >= 0.3 is 5.97 Å². The lowest BCUT2D eigenvalue weighted by atomic mass is 9.93. The Kier molecular flexibility index (Phi) is 7.92. The lowest BCUT2D eigenvalue weighted by Gasteiger charge is -2.36. The van der Waals surface area contributed by atoms with Crippen molar-refractivity contribution in [1.82, 2.24) is 30.1 Å². The first-order valence-corrected chi connectivity index (χ1v) is 13.5. The Morgan fingerprint density at radius 1 is 1.05 bits per heavy atom. The molecule has 1 aliphatic heterocycles. The molecule has 1 saturated carbocycles. The van der Waals surface area contributed by atoms with Crippen LogP contribution in [-0.4, -0.2) is 70.0 Å². The number of aromatic nitrogens is 5. The summed E-state index contributed by atoms with van der Waals surface area (Å²) in [6.45, 7) is 3.44. The fraction of sp³-hybridized carbons (Fsp3) is 0.593. The number of esters is 1. The quantitative estimate of drug-likeness (QED) is 0.441. The number of benzene rings is 1. The van der Waals surface area contributed by atoms with Crippen molar-refractivity contribution in [2.45, 2.75) is 64.0 Å². The van der Waals surface area contributed by atoms with Crippen LogP contribution < -0.4 is 15.0 Å². The number of fused-ring (bicyclic) bond motifs is 1. The van der Waals surface area contributed by atoms with Crippen LogP contribution in [0.3, 0.4) is 0 Å². The molecule has 2 aliphatic rings. The third kappa shape index (κ3) is 5.11. The van der Waals surface area contributed by atoms with Gasteiger partial charge in [-0.05, 0) is 55.2 Å². The van der Waals surface area contributed by atoms with Crippen LogP contribution in [0.25, 0.3) is 10.9 Å². The minimum Gasteiger partial charge on any atom is -0.493 e. The van der Waals surface area contributed by atoms with Gasteiger partial charge in [0.2, 0.25) is 0 Å². The Morgan fingerprint density at radius 2 is 1.76 bits per heavy atom. The Morgan fingerprint density at radius 3 is 2.45 bits per heavy atom. The summed E-state index contributed by atoms with van der Waals surface area (Å²) >= 11 is 0. The van der Waals surface area contributed by atoms with Gasteiger partial charge in [-0.3, -0.25) is 14.5 Å². The fourth-order valence-corrected chi connectivity index (χ4v) is 5.87. The Hall–Kier alpha value is -3.47. The van der Waals surface area contributed by atoms with Crippen LogP contribution in [0.2, 0.25) is 0 Å². The molecule has 1 aliphatic carbocycles. The number of H-pyrrole nitrogens is 1. The predicted molar refractivity (Wildman–Crippen MR) is 140 cm³/mol. The number of likely N-dealkylation sites (tertiary alicyclic amines) is 1. The minimum absolute atomic E-state index is 0.146. The van der Waals surface area contributed by atoms with Crippen LogP contribution >= 0.6 is 0 Å². The molecule has 1 saturated heterocycles. The van der Waals surface area contributed by atoms with E-state index in [9.17, 15) is 9.59 Å². The number of tetrazole rings is 1. The largest absolute Gasteiger partial charge is 0.493 e. The monoisotopic (exact) mass is 524 g/mol. The molecule has 2 aromatic heterocycles. The molecule has 11 nitrogen and oxygen atoms in total. The number of carbonyl (C=O) groups excluding carboxylic acids is 1. The number of carbonyl (C=O) groups is 1. The molecule has 1 atom stereocenters. The van der Waals surface area contributed by atoms with Crippen LogP contribution in [0.15, 0.2) is 23.0 Å². The second-order valence-electron chi connectivity index (χ2n) is 10.1. The summed E-state index contributed by atoms with van der Waals surface area (Å²) < 4.78 is 18.1. The molecule has 3 heterocycles. The molecule has 2 fully saturated rings. The maximum atomic E-state index is 13.6. The second kappa shape index (κ2) is 11.5. The Bertz CT molecular complexity index is 1320. The number of piperidine rings is 1. The van der Waals surface area contributed by atoms with E-state index in [1.165, 1.54) is 6.42 Å². The summed E-state index contributed by atoms with van der Waals surface area (Å²) in [4.78, 5) is 31.3. The molecule has 0 radical (unpaired) electrons. The molecule has 11 heteroatoms. The highest BCUT2D eigenvalue weighted by Gasteiger charge is 2.36. The van der Waals surface area contributed by atoms with E-state index in [1.807, 2.05) is 23.7 Å². The van der Waals surface area contributed by atoms with Gasteiger partial charge in [-0.15, -0.1) is 5.10 Å². The first kappa shape index (κ1) is 26.1. The van der Waals surface area contributed by atoms with E-state index in [-0.39, 0.29) is 23.5 Å². The van der Waals surface area contributed by atoms with Crippen molar-refractivity contribution in [2.75, 3.05) is 33.9 Å². The average molecular weight is 525 g/mol. The third-order valence-electron chi connectivity index (χ3n) is 7.87. The Labute approximate surface area is 221 Å². The van der Waals surface area contributed by atoms with E-state index >= 15 is 0 Å². The molecule has 1 N–H and O–H groups in total. The summed E-state index contributed by atoms with van der Waals surface area (Å²) in [5.74, 6) is 1.49. The van der Waals surface area contributed by atoms with Gasteiger partial charge in [-0.1, -0.05) is 19.3 Å². The van der Waals surface area contributed by atoms with E-state index in [0.29, 0.717) is 60.9 Å². The van der Waals surface area contributed by atoms with E-state index in [2.05, 4.69) is 25.4 Å². The van der Waals surface area contributed by atoms with Crippen molar-refractivity contribution in [1.29, 1.82) is 0 Å². The summed E-state index contributed by atoms with van der Waals surface area (Å²) in [5.41, 5.74) is 1.01. The fourth-order valence-electron chi connectivity index (χ4n) is 5.87. The van der Waals surface area contributed by atoms with Crippen molar-refractivity contribution in [3.63, 3.8) is 0 Å². The lowest BCUT2D eigenvalue weighted by Crippen LogP contribution is -2.42. The highest BCUT2D eigenvalue weighted by Crippen LogP contribution is 2.36. The maximum absolute atomic E-state index is 13.6. The van der Waals surface area contributed by atoms with Crippen LogP contribution in [0.4, 0.5) is 0 Å². The zero-order valence-electron chi connectivity index (χ0n) is 22.3. The number of hydrogen-bond donors (Lipinski definition) is 1. The SMILES string of the molecule is CCOC(=O)C1CCN([C@@H](c2cc3cc(OC)c(OC)cc3[nH]c2=O)c2nnnn2C2CCCCC2)CC1. The molecular weight excluding hydrogens is 488 g/mol. The third-order valence-corrected chi connectivity index (χ3v) is 7.87. The molecule has 0 spiro atoms. The van der Waals surface area contributed by atoms with Crippen LogP contribution in [0, 0.1) is 5.92 Å². The molecule has 38 heavy (non-hydrogen) atoms. The van der Waals surface area contributed by atoms with Crippen LogP contribution in [0.5, 0.6) is 11.5 Å². The van der Waals surface area contributed by atoms with Crippen molar-refractivity contribution < 1.29 is 19.0 Å². The molecular formula is C27H36N6O5. The summed E-state index contributed by atoms with van der Waals surface area (Å²) in [5, 5.41) is 13.8. The highest BCUT2D eigenvalue weighted by atomic mass is 16.5. The lowest BCUT2D eigenvalue weighted by molar-refractivity contribution is -0.149. The average Bonchev–Trinajstić information content (AvgIpc) is 3.43. The number of hydrogen-bond acceptors (Lipinski definition) is 9. The van der Waals surface area contributed by atoms with E-state index < -0.39 is 6.04 Å². The molecule has 204 valence electrons. The molecule has 1 aromatic carbocycles. The zero-order chi connectivity index (χ0) is 26.6. The first-order valence-electron chi connectivity index (χ1n) is 13.5. The number of aromatic amines is 1. The van der Waals surface area contributed by atoms with Gasteiger partial charge in [0.05, 0.1) is 38.3 Å². The number of pyridine rings is 1. The van der Waals surface area contributed by atoms with Gasteiger partial charge in [-0.25, -0.2) is 4.68 Å². The van der Waals surface area contributed by atoms with Gasteiger partial charge in [-0.2, -0.15) is 0 Å². The molecule has 0 unspecified atom stereocenters. The highest BCUT2D eigenvalue weighted by molar-refractivity contribution is 5.83. The summed E-state index contributed by atoms with van der Waals surface area (Å²) in [6.07, 6.45) is 6.82. The molecule has 5 rings (SSSR count). The van der Waals surface area contributed by atoms with Gasteiger partial charge in [0, 0.05) is 30.1 Å². The number of rotatable bonds is 8. The first-order chi connectivity index (χ1) is 18.5. The van der Waals surface area contributed by atoms with Gasteiger partial charge in [0.15, 0.2) is 17.3 Å².